The van der Waals surface area contributed by atoms with Crippen LogP contribution in [0.3, 0.4) is 0 Å². The first-order valence-electron chi connectivity index (χ1n) is 9.65. The summed E-state index contributed by atoms with van der Waals surface area (Å²) in [6.45, 7) is 4.23. The number of hydrogen-bond donors (Lipinski definition) is 1. The Morgan fingerprint density at radius 1 is 1.00 bits per heavy atom. The number of morpholine rings is 1. The number of rotatable bonds is 5. The summed E-state index contributed by atoms with van der Waals surface area (Å²) in [6.07, 6.45) is 0. The second-order valence-electron chi connectivity index (χ2n) is 7.03. The minimum atomic E-state index is -0.217. The van der Waals surface area contributed by atoms with E-state index in [4.69, 9.17) is 16.3 Å². The van der Waals surface area contributed by atoms with Gasteiger partial charge < -0.3 is 19.9 Å². The van der Waals surface area contributed by atoms with Gasteiger partial charge in [0.1, 0.15) is 6.54 Å². The Labute approximate surface area is 174 Å². The Morgan fingerprint density at radius 3 is 2.48 bits per heavy atom. The topological polar surface area (TPSA) is 65.1 Å². The van der Waals surface area contributed by atoms with E-state index in [1.54, 1.807) is 28.0 Å². The highest BCUT2D eigenvalue weighted by molar-refractivity contribution is 6.30. The molecule has 8 heteroatoms. The Kier molecular flexibility index (Phi) is 5.87. The predicted molar refractivity (Wildman–Crippen MR) is 114 cm³/mol. The number of halogens is 1. The van der Waals surface area contributed by atoms with E-state index in [-0.39, 0.29) is 18.5 Å². The fraction of sp³-hybridized carbons (Fsp3) is 0.333. The number of carbonyl (C=O) groups excluding carboxylic acids is 2. The van der Waals surface area contributed by atoms with E-state index in [9.17, 15) is 9.59 Å². The summed E-state index contributed by atoms with van der Waals surface area (Å²) < 4.78 is 5.37. The monoisotopic (exact) mass is 414 g/mol. The first-order valence-corrected chi connectivity index (χ1v) is 10.0. The van der Waals surface area contributed by atoms with Gasteiger partial charge in [0, 0.05) is 48.3 Å². The van der Waals surface area contributed by atoms with Crippen LogP contribution in [-0.2, 0) is 9.53 Å². The van der Waals surface area contributed by atoms with E-state index in [0.717, 1.165) is 37.7 Å². The number of benzene rings is 2. The average Bonchev–Trinajstić information content (AvgIpc) is 3.09. The molecule has 0 bridgehead atoms. The van der Waals surface area contributed by atoms with Gasteiger partial charge in [-0.2, -0.15) is 0 Å². The van der Waals surface area contributed by atoms with Crippen LogP contribution < -0.4 is 15.1 Å². The molecule has 2 aromatic carbocycles. The van der Waals surface area contributed by atoms with Crippen molar-refractivity contribution in [3.63, 3.8) is 0 Å². The van der Waals surface area contributed by atoms with Crippen LogP contribution in [0.15, 0.2) is 48.5 Å². The molecule has 2 heterocycles. The number of nitrogens with zero attached hydrogens (tertiary/aromatic N) is 3. The van der Waals surface area contributed by atoms with Crippen LogP contribution in [-0.4, -0.2) is 62.8 Å². The summed E-state index contributed by atoms with van der Waals surface area (Å²) in [5.74, 6) is -0.217. The van der Waals surface area contributed by atoms with Crippen molar-refractivity contribution in [3.8, 4) is 0 Å². The number of carbonyl (C=O) groups is 2. The minimum Gasteiger partial charge on any atom is -0.378 e. The molecule has 3 amide bonds. The smallest absolute Gasteiger partial charge is 0.325 e. The molecule has 2 aliphatic heterocycles. The third-order valence-electron chi connectivity index (χ3n) is 5.08. The molecular weight excluding hydrogens is 392 g/mol. The van der Waals surface area contributed by atoms with Gasteiger partial charge in [-0.25, -0.2) is 4.79 Å². The van der Waals surface area contributed by atoms with Gasteiger partial charge in [-0.1, -0.05) is 17.7 Å². The fourth-order valence-electron chi connectivity index (χ4n) is 3.56. The van der Waals surface area contributed by atoms with Crippen LogP contribution in [0.5, 0.6) is 0 Å². The zero-order valence-corrected chi connectivity index (χ0v) is 16.8. The number of ether oxygens (including phenoxy) is 1. The first-order chi connectivity index (χ1) is 14.1. The maximum atomic E-state index is 12.6. The van der Waals surface area contributed by atoms with Crippen LogP contribution in [0.25, 0.3) is 0 Å². The van der Waals surface area contributed by atoms with Crippen LogP contribution in [0.2, 0.25) is 5.02 Å². The lowest BCUT2D eigenvalue weighted by Crippen LogP contribution is -2.37. The number of anilines is 3. The van der Waals surface area contributed by atoms with Crippen LogP contribution in [0, 0.1) is 0 Å². The molecule has 2 fully saturated rings. The molecule has 2 aromatic rings. The largest absolute Gasteiger partial charge is 0.378 e. The lowest BCUT2D eigenvalue weighted by molar-refractivity contribution is -0.116. The van der Waals surface area contributed by atoms with Crippen molar-refractivity contribution in [1.29, 1.82) is 0 Å². The summed E-state index contributed by atoms with van der Waals surface area (Å²) in [4.78, 5) is 30.5. The average molecular weight is 415 g/mol. The molecule has 0 spiro atoms. The summed E-state index contributed by atoms with van der Waals surface area (Å²) in [7, 11) is 0. The van der Waals surface area contributed by atoms with Gasteiger partial charge in [-0.15, -0.1) is 0 Å². The lowest BCUT2D eigenvalue weighted by atomic mass is 10.2. The molecule has 0 atom stereocenters. The summed E-state index contributed by atoms with van der Waals surface area (Å²) in [5, 5.41) is 3.44. The Bertz CT molecular complexity index is 884. The molecule has 0 radical (unpaired) electrons. The first kappa shape index (κ1) is 19.5. The van der Waals surface area contributed by atoms with Crippen molar-refractivity contribution in [3.05, 3.63) is 53.6 Å². The molecule has 0 unspecified atom stereocenters. The molecule has 7 nitrogen and oxygen atoms in total. The normalized spacial score (nSPS) is 17.0. The zero-order chi connectivity index (χ0) is 20.2. The Morgan fingerprint density at radius 2 is 1.76 bits per heavy atom. The van der Waals surface area contributed by atoms with Gasteiger partial charge in [-0.3, -0.25) is 9.69 Å². The summed E-state index contributed by atoms with van der Waals surface area (Å²) in [6, 6.07) is 14.7. The Hall–Kier alpha value is -2.77. The minimum absolute atomic E-state index is 0.0150. The van der Waals surface area contributed by atoms with Crippen molar-refractivity contribution in [2.45, 2.75) is 0 Å². The van der Waals surface area contributed by atoms with Gasteiger partial charge in [0.2, 0.25) is 5.91 Å². The van der Waals surface area contributed by atoms with Crippen LogP contribution in [0.1, 0.15) is 0 Å². The van der Waals surface area contributed by atoms with E-state index in [0.29, 0.717) is 23.8 Å². The molecule has 0 aromatic heterocycles. The predicted octanol–water partition coefficient (Wildman–Crippen LogP) is 3.06. The van der Waals surface area contributed by atoms with Crippen molar-refractivity contribution < 1.29 is 14.3 Å². The molecule has 29 heavy (non-hydrogen) atoms. The van der Waals surface area contributed by atoms with Crippen LogP contribution >= 0.6 is 11.6 Å². The van der Waals surface area contributed by atoms with Crippen LogP contribution in [0.4, 0.5) is 21.9 Å². The van der Waals surface area contributed by atoms with Gasteiger partial charge in [0.25, 0.3) is 0 Å². The van der Waals surface area contributed by atoms with Gasteiger partial charge >= 0.3 is 6.03 Å². The van der Waals surface area contributed by atoms with Crippen molar-refractivity contribution >= 4 is 40.6 Å². The molecule has 0 aliphatic carbocycles. The van der Waals surface area contributed by atoms with E-state index in [2.05, 4.69) is 10.2 Å². The number of amides is 3. The maximum absolute atomic E-state index is 12.6. The summed E-state index contributed by atoms with van der Waals surface area (Å²) >= 11 is 6.02. The Balaban J connectivity index is 1.32. The van der Waals surface area contributed by atoms with E-state index in [1.165, 1.54) is 0 Å². The van der Waals surface area contributed by atoms with Crippen molar-refractivity contribution in [1.82, 2.24) is 4.90 Å². The second kappa shape index (κ2) is 8.71. The quantitative estimate of drug-likeness (QED) is 0.816. The molecule has 2 saturated heterocycles. The number of urea groups is 1. The van der Waals surface area contributed by atoms with Crippen molar-refractivity contribution in [2.24, 2.45) is 0 Å². The van der Waals surface area contributed by atoms with Gasteiger partial charge in [0.05, 0.1) is 13.2 Å². The molecule has 4 rings (SSSR count). The zero-order valence-electron chi connectivity index (χ0n) is 16.0. The van der Waals surface area contributed by atoms with E-state index in [1.807, 2.05) is 30.3 Å². The summed E-state index contributed by atoms with van der Waals surface area (Å²) in [5.41, 5.74) is 2.56. The highest BCUT2D eigenvalue weighted by Crippen LogP contribution is 2.24. The van der Waals surface area contributed by atoms with Gasteiger partial charge in [-0.05, 0) is 42.5 Å². The maximum Gasteiger partial charge on any atom is 0.325 e. The number of hydrogen-bond acceptors (Lipinski definition) is 4. The molecule has 0 saturated carbocycles. The molecule has 152 valence electrons. The second-order valence-corrected chi connectivity index (χ2v) is 7.47. The third kappa shape index (κ3) is 4.63. The lowest BCUT2D eigenvalue weighted by Gasteiger charge is -2.28. The molecular formula is C21H23ClN4O3. The van der Waals surface area contributed by atoms with E-state index >= 15 is 0 Å². The molecule has 1 N–H and O–H groups in total. The van der Waals surface area contributed by atoms with Gasteiger partial charge in [0.15, 0.2) is 0 Å². The van der Waals surface area contributed by atoms with Crippen molar-refractivity contribution in [2.75, 3.05) is 61.1 Å². The molecule has 2 aliphatic rings. The highest BCUT2D eigenvalue weighted by Gasteiger charge is 2.30. The SMILES string of the molecule is O=C(CN1CCN(c2cccc(Cl)c2)C1=O)Nc1ccc(N2CCOCC2)cc1. The third-order valence-corrected chi connectivity index (χ3v) is 5.31. The fourth-order valence-corrected chi connectivity index (χ4v) is 3.75. The number of nitrogens with one attached hydrogen (secondary N) is 1. The highest BCUT2D eigenvalue weighted by atomic mass is 35.5. The standard InChI is InChI=1S/C21H23ClN4O3/c22-16-2-1-3-19(14-16)26-9-8-25(21(26)28)15-20(27)23-17-4-6-18(7-5-17)24-10-12-29-13-11-24/h1-7,14H,8-13,15H2,(H,23,27). The van der Waals surface area contributed by atoms with E-state index < -0.39 is 0 Å².